The van der Waals surface area contributed by atoms with Crippen molar-refractivity contribution in [2.45, 2.75) is 64.9 Å². The number of hydrogen-bond acceptors (Lipinski definition) is 3. The lowest BCUT2D eigenvalue weighted by Crippen LogP contribution is -2.54. The molecule has 0 aromatic heterocycles. The van der Waals surface area contributed by atoms with Crippen LogP contribution in [-0.4, -0.2) is 26.1 Å². The van der Waals surface area contributed by atoms with E-state index in [1.165, 1.54) is 10.8 Å². The third kappa shape index (κ3) is 6.08. The maximum absolute atomic E-state index is 6.42. The average molecular weight is 381 g/mol. The number of alkyl halides is 1. The zero-order valence-corrected chi connectivity index (χ0v) is 17.8. The van der Waals surface area contributed by atoms with Crippen molar-refractivity contribution >= 4 is 31.2 Å². The van der Waals surface area contributed by atoms with Crippen molar-refractivity contribution < 1.29 is 13.3 Å². The summed E-state index contributed by atoms with van der Waals surface area (Å²) in [7, 11) is -3.05. The summed E-state index contributed by atoms with van der Waals surface area (Å²) in [6, 6.07) is 15.2. The quantitative estimate of drug-likeness (QED) is 0.434. The molecule has 3 nitrogen and oxygen atoms in total. The minimum Gasteiger partial charge on any atom is -0.371 e. The Morgan fingerprint density at radius 1 is 0.920 bits per heavy atom. The summed E-state index contributed by atoms with van der Waals surface area (Å²) in [6.07, 6.45) is -0.0289. The normalized spacial score (nSPS) is 13.2. The first kappa shape index (κ1) is 20.4. The van der Waals surface area contributed by atoms with Gasteiger partial charge in [-0.25, -0.2) is 0 Å². The molecule has 0 aliphatic rings. The van der Waals surface area contributed by atoms with Gasteiger partial charge in [0, 0.05) is 18.3 Å². The molecule has 0 aliphatic heterocycles. The van der Waals surface area contributed by atoms with E-state index in [-0.39, 0.29) is 12.2 Å². The van der Waals surface area contributed by atoms with Crippen molar-refractivity contribution in [3.05, 3.63) is 48.0 Å². The van der Waals surface area contributed by atoms with Crippen LogP contribution in [0.2, 0.25) is 0 Å². The molecule has 0 heterocycles. The second-order valence-electron chi connectivity index (χ2n) is 7.30. The molecule has 2 aromatic rings. The highest BCUT2D eigenvalue weighted by Gasteiger charge is 2.47. The maximum Gasteiger partial charge on any atom is 0.507 e. The highest BCUT2D eigenvalue weighted by atomic mass is 35.5. The fraction of sp³-hybridized carbons (Fsp3) is 0.500. The van der Waals surface area contributed by atoms with Gasteiger partial charge in [-0.05, 0) is 57.9 Å². The molecule has 25 heavy (non-hydrogen) atoms. The molecule has 5 heteroatoms. The van der Waals surface area contributed by atoms with Crippen LogP contribution in [0.3, 0.4) is 0 Å². The Morgan fingerprint density at radius 2 is 1.48 bits per heavy atom. The Bertz CT molecular complexity index is 679. The molecule has 0 unspecified atom stereocenters. The fourth-order valence-corrected chi connectivity index (χ4v) is 6.66. The first-order valence-corrected chi connectivity index (χ1v) is 11.1. The highest BCUT2D eigenvalue weighted by molar-refractivity contribution is 6.61. The van der Waals surface area contributed by atoms with Gasteiger partial charge in [-0.15, -0.1) is 0 Å². The highest BCUT2D eigenvalue weighted by Crippen LogP contribution is 2.30. The van der Waals surface area contributed by atoms with E-state index in [9.17, 15) is 0 Å². The van der Waals surface area contributed by atoms with Crippen LogP contribution in [0, 0.1) is 0 Å². The number of hydrogen-bond donors (Lipinski definition) is 0. The third-order valence-electron chi connectivity index (χ3n) is 3.52. The molecule has 0 amide bonds. The predicted molar refractivity (Wildman–Crippen MR) is 107 cm³/mol. The third-order valence-corrected chi connectivity index (χ3v) is 7.02. The van der Waals surface area contributed by atoms with Gasteiger partial charge in [-0.2, -0.15) is 0 Å². The zero-order chi connectivity index (χ0) is 18.7. The van der Waals surface area contributed by atoms with Crippen LogP contribution in [0.15, 0.2) is 42.5 Å². The standard InChI is InChI=1S/C20H29ClO3Si/c1-15(2)22-25(23-16(3)4,24-20(5,6)21)14-18-12-9-11-17-10-7-8-13-19(17)18/h7-13,15-16H,14H2,1-6H3. The summed E-state index contributed by atoms with van der Waals surface area (Å²) in [6.45, 7) is 11.6. The summed E-state index contributed by atoms with van der Waals surface area (Å²) < 4.78 is 18.8. The van der Waals surface area contributed by atoms with Gasteiger partial charge < -0.3 is 13.3 Å². The van der Waals surface area contributed by atoms with Crippen LogP contribution in [0.25, 0.3) is 10.8 Å². The average Bonchev–Trinajstić information content (AvgIpc) is 2.44. The van der Waals surface area contributed by atoms with Gasteiger partial charge in [-0.1, -0.05) is 54.1 Å². The van der Waals surface area contributed by atoms with Crippen LogP contribution in [0.1, 0.15) is 47.1 Å². The molecule has 0 bridgehead atoms. The molecule has 0 aliphatic carbocycles. The molecule has 2 rings (SSSR count). The second-order valence-corrected chi connectivity index (χ2v) is 10.6. The Hall–Kier alpha value is -0.913. The minimum absolute atomic E-state index is 0.0144. The van der Waals surface area contributed by atoms with Crippen molar-refractivity contribution in [3.63, 3.8) is 0 Å². The van der Waals surface area contributed by atoms with Crippen LogP contribution < -0.4 is 0 Å². The van der Waals surface area contributed by atoms with Gasteiger partial charge in [0.05, 0.1) is 0 Å². The predicted octanol–water partition coefficient (Wildman–Crippen LogP) is 5.70. The van der Waals surface area contributed by atoms with E-state index in [1.54, 1.807) is 0 Å². The minimum atomic E-state index is -3.05. The molecule has 0 saturated heterocycles. The topological polar surface area (TPSA) is 27.7 Å². The smallest absolute Gasteiger partial charge is 0.371 e. The van der Waals surface area contributed by atoms with E-state index in [2.05, 4.69) is 30.3 Å². The number of benzene rings is 2. The van der Waals surface area contributed by atoms with Crippen molar-refractivity contribution in [2.75, 3.05) is 0 Å². The van der Waals surface area contributed by atoms with E-state index >= 15 is 0 Å². The molecular weight excluding hydrogens is 352 g/mol. The molecule has 0 atom stereocenters. The monoisotopic (exact) mass is 380 g/mol. The van der Waals surface area contributed by atoms with Gasteiger partial charge in [0.1, 0.15) is 5.06 Å². The Labute approximate surface area is 157 Å². The van der Waals surface area contributed by atoms with Gasteiger partial charge >= 0.3 is 8.80 Å². The Kier molecular flexibility index (Phi) is 6.68. The summed E-state index contributed by atoms with van der Waals surface area (Å²) in [5.74, 6) is 0. The first-order valence-electron chi connectivity index (χ1n) is 8.81. The van der Waals surface area contributed by atoms with Gasteiger partial charge in [0.15, 0.2) is 0 Å². The molecule has 0 saturated carbocycles. The van der Waals surface area contributed by atoms with E-state index in [0.717, 1.165) is 5.56 Å². The SMILES string of the molecule is CC(C)O[Si](Cc1cccc2ccccc12)(OC(C)C)OC(C)(C)Cl. The van der Waals surface area contributed by atoms with Crippen molar-refractivity contribution in [1.82, 2.24) is 0 Å². The molecule has 0 N–H and O–H groups in total. The molecular formula is C20H29ClO3Si. The van der Waals surface area contributed by atoms with E-state index in [1.807, 2.05) is 53.7 Å². The van der Waals surface area contributed by atoms with Crippen molar-refractivity contribution in [2.24, 2.45) is 0 Å². The van der Waals surface area contributed by atoms with Crippen molar-refractivity contribution in [3.8, 4) is 0 Å². The lowest BCUT2D eigenvalue weighted by molar-refractivity contribution is -0.00922. The van der Waals surface area contributed by atoms with Crippen LogP contribution >= 0.6 is 11.6 Å². The molecule has 0 spiro atoms. The molecule has 0 fully saturated rings. The van der Waals surface area contributed by atoms with E-state index in [4.69, 9.17) is 24.9 Å². The number of fused-ring (bicyclic) bond motifs is 1. The summed E-state index contributed by atoms with van der Waals surface area (Å²) in [5, 5.41) is 1.53. The van der Waals surface area contributed by atoms with Gasteiger partial charge in [0.2, 0.25) is 0 Å². The Balaban J connectivity index is 2.48. The lowest BCUT2D eigenvalue weighted by atomic mass is 10.1. The van der Waals surface area contributed by atoms with Gasteiger partial charge in [0.25, 0.3) is 0 Å². The summed E-state index contributed by atoms with van der Waals surface area (Å²) >= 11 is 6.42. The maximum atomic E-state index is 6.42. The van der Waals surface area contributed by atoms with Crippen LogP contribution in [-0.2, 0) is 19.3 Å². The van der Waals surface area contributed by atoms with Gasteiger partial charge in [-0.3, -0.25) is 0 Å². The van der Waals surface area contributed by atoms with Crippen LogP contribution in [0.4, 0.5) is 0 Å². The molecule has 0 radical (unpaired) electrons. The first-order chi connectivity index (χ1) is 11.6. The second kappa shape index (κ2) is 8.19. The largest absolute Gasteiger partial charge is 0.507 e. The Morgan fingerprint density at radius 3 is 2.04 bits per heavy atom. The summed E-state index contributed by atoms with van der Waals surface area (Å²) in [4.78, 5) is 0. The fourth-order valence-electron chi connectivity index (χ4n) is 2.96. The number of rotatable bonds is 8. The van der Waals surface area contributed by atoms with Crippen LogP contribution in [0.5, 0.6) is 0 Å². The van der Waals surface area contributed by atoms with Crippen molar-refractivity contribution in [1.29, 1.82) is 0 Å². The van der Waals surface area contributed by atoms with E-state index in [0.29, 0.717) is 6.04 Å². The number of halogens is 1. The zero-order valence-electron chi connectivity index (χ0n) is 16.0. The summed E-state index contributed by atoms with van der Waals surface area (Å²) in [5.41, 5.74) is 1.16. The van der Waals surface area contributed by atoms with E-state index < -0.39 is 13.9 Å². The lowest BCUT2D eigenvalue weighted by Gasteiger charge is -2.37. The molecule has 138 valence electrons. The molecule has 2 aromatic carbocycles.